The average molecular weight is 449 g/mol. The second kappa shape index (κ2) is 9.19. The van der Waals surface area contributed by atoms with Crippen LogP contribution in [0.2, 0.25) is 0 Å². The van der Waals surface area contributed by atoms with Gasteiger partial charge in [0.25, 0.3) is 0 Å². The van der Waals surface area contributed by atoms with E-state index in [9.17, 15) is 5.11 Å². The molecular weight excluding hydrogens is 427 g/mol. The highest BCUT2D eigenvalue weighted by atomic mass is 79.9. The summed E-state index contributed by atoms with van der Waals surface area (Å²) in [7, 11) is -2.06. The zero-order chi connectivity index (χ0) is 18.5. The molecule has 4 aromatic rings. The number of halogens is 1. The number of hydrogen-bond donors (Lipinski definition) is 1. The molecule has 0 aliphatic carbocycles. The van der Waals surface area contributed by atoms with Crippen molar-refractivity contribution in [2.75, 3.05) is 0 Å². The van der Waals surface area contributed by atoms with Gasteiger partial charge in [-0.1, -0.05) is 78.9 Å². The Bertz CT molecular complexity index is 965. The van der Waals surface area contributed by atoms with Crippen LogP contribution in [0.3, 0.4) is 0 Å². The van der Waals surface area contributed by atoms with E-state index in [1.165, 1.54) is 16.2 Å². The number of phenols is 1. The first-order valence-electron chi connectivity index (χ1n) is 9.12. The number of para-hydroxylation sites is 1. The normalized spacial score (nSPS) is 10.9. The van der Waals surface area contributed by atoms with Gasteiger partial charge in [0, 0.05) is 0 Å². The second-order valence-corrected chi connectivity index (χ2v) is 10.1. The summed E-state index contributed by atoms with van der Waals surface area (Å²) in [5.41, 5.74) is 1.28. The summed E-state index contributed by atoms with van der Waals surface area (Å²) in [5.74, 6) is 0.370. The molecule has 0 saturated heterocycles. The van der Waals surface area contributed by atoms with Gasteiger partial charge in [-0.05, 0) is 42.0 Å². The van der Waals surface area contributed by atoms with E-state index in [1.54, 1.807) is 6.07 Å². The summed E-state index contributed by atoms with van der Waals surface area (Å²) in [6, 6.07) is 39.7. The van der Waals surface area contributed by atoms with Crippen molar-refractivity contribution in [2.24, 2.45) is 0 Å². The van der Waals surface area contributed by atoms with Gasteiger partial charge in [-0.2, -0.15) is 0 Å². The van der Waals surface area contributed by atoms with E-state index >= 15 is 0 Å². The Morgan fingerprint density at radius 1 is 0.536 bits per heavy atom. The molecular formula is C25H22BrOP. The van der Waals surface area contributed by atoms with Crippen LogP contribution >= 0.6 is 7.26 Å². The van der Waals surface area contributed by atoms with Crippen LogP contribution in [-0.2, 0) is 6.16 Å². The first-order chi connectivity index (χ1) is 13.3. The van der Waals surface area contributed by atoms with E-state index in [0.717, 1.165) is 11.5 Å². The number of phenolic OH excluding ortho intramolecular Hbond substituents is 1. The van der Waals surface area contributed by atoms with E-state index in [1.807, 2.05) is 12.1 Å². The van der Waals surface area contributed by atoms with Crippen LogP contribution in [0.15, 0.2) is 115 Å². The molecule has 0 unspecified atom stereocenters. The van der Waals surface area contributed by atoms with E-state index in [-0.39, 0.29) is 17.0 Å². The van der Waals surface area contributed by atoms with Gasteiger partial charge in [0.1, 0.15) is 23.2 Å². The van der Waals surface area contributed by atoms with E-state index in [0.29, 0.717) is 5.75 Å². The molecule has 3 heteroatoms. The molecule has 140 valence electrons. The SMILES string of the molecule is Oc1ccccc1[P+](Cc1ccccc1)(c1ccccc1)c1ccccc1.[Br-]. The fourth-order valence-electron chi connectivity index (χ4n) is 3.70. The summed E-state index contributed by atoms with van der Waals surface area (Å²) in [6.45, 7) is 0. The number of rotatable bonds is 5. The molecule has 0 heterocycles. The molecule has 0 aromatic heterocycles. The Morgan fingerprint density at radius 2 is 0.964 bits per heavy atom. The predicted molar refractivity (Wildman–Crippen MR) is 117 cm³/mol. The Hall–Kier alpha value is -2.41. The third-order valence-corrected chi connectivity index (χ3v) is 9.35. The molecule has 1 nitrogen and oxygen atoms in total. The standard InChI is InChI=1S/C25H21OP.BrH/c26-24-18-10-11-19-25(24)27(22-14-6-2-7-15-22,23-16-8-3-9-17-23)20-21-12-4-1-5-13-21;/h1-19H,20H2;1H. The smallest absolute Gasteiger partial charge is 0.158 e. The highest BCUT2D eigenvalue weighted by Gasteiger charge is 2.47. The van der Waals surface area contributed by atoms with Crippen molar-refractivity contribution in [1.82, 2.24) is 0 Å². The van der Waals surface area contributed by atoms with Crippen molar-refractivity contribution in [3.8, 4) is 5.75 Å². The van der Waals surface area contributed by atoms with Crippen molar-refractivity contribution < 1.29 is 22.1 Å². The summed E-state index contributed by atoms with van der Waals surface area (Å²) >= 11 is 0. The van der Waals surface area contributed by atoms with Crippen LogP contribution in [0.25, 0.3) is 0 Å². The molecule has 0 amide bonds. The van der Waals surface area contributed by atoms with Crippen LogP contribution in [0, 0.1) is 0 Å². The second-order valence-electron chi connectivity index (χ2n) is 6.61. The molecule has 0 atom stereocenters. The number of aromatic hydroxyl groups is 1. The van der Waals surface area contributed by atoms with Crippen LogP contribution < -0.4 is 32.9 Å². The van der Waals surface area contributed by atoms with Crippen LogP contribution in [0.4, 0.5) is 0 Å². The highest BCUT2D eigenvalue weighted by Crippen LogP contribution is 2.59. The molecule has 1 N–H and O–H groups in total. The molecule has 28 heavy (non-hydrogen) atoms. The topological polar surface area (TPSA) is 20.2 Å². The maximum atomic E-state index is 10.9. The van der Waals surface area contributed by atoms with Crippen molar-refractivity contribution in [3.63, 3.8) is 0 Å². The van der Waals surface area contributed by atoms with Crippen molar-refractivity contribution in [3.05, 3.63) is 121 Å². The van der Waals surface area contributed by atoms with E-state index in [2.05, 4.69) is 97.1 Å². The number of hydrogen-bond acceptors (Lipinski definition) is 1. The Balaban J connectivity index is 0.00000225. The molecule has 0 fully saturated rings. The van der Waals surface area contributed by atoms with Gasteiger partial charge in [-0.3, -0.25) is 0 Å². The van der Waals surface area contributed by atoms with Gasteiger partial charge in [-0.15, -0.1) is 0 Å². The van der Waals surface area contributed by atoms with Crippen LogP contribution in [0.5, 0.6) is 5.75 Å². The third kappa shape index (κ3) is 3.90. The minimum Gasteiger partial charge on any atom is -1.00 e. The lowest BCUT2D eigenvalue weighted by Gasteiger charge is -2.28. The molecule has 4 aromatic carbocycles. The highest BCUT2D eigenvalue weighted by molar-refractivity contribution is 7.95. The van der Waals surface area contributed by atoms with Gasteiger partial charge < -0.3 is 22.1 Å². The van der Waals surface area contributed by atoms with Crippen molar-refractivity contribution in [1.29, 1.82) is 0 Å². The predicted octanol–water partition coefficient (Wildman–Crippen LogP) is 1.89. The van der Waals surface area contributed by atoms with Gasteiger partial charge >= 0.3 is 0 Å². The molecule has 0 saturated carbocycles. The van der Waals surface area contributed by atoms with Gasteiger partial charge in [-0.25, -0.2) is 0 Å². The Kier molecular flexibility index (Phi) is 6.67. The first kappa shape index (κ1) is 20.3. The Morgan fingerprint density at radius 3 is 1.46 bits per heavy atom. The maximum Gasteiger partial charge on any atom is 0.158 e. The largest absolute Gasteiger partial charge is 1.00 e. The minimum absolute atomic E-state index is 0. The lowest BCUT2D eigenvalue weighted by atomic mass is 10.2. The quantitative estimate of drug-likeness (QED) is 0.462. The zero-order valence-electron chi connectivity index (χ0n) is 15.4. The van der Waals surface area contributed by atoms with Crippen molar-refractivity contribution in [2.45, 2.75) is 6.16 Å². The van der Waals surface area contributed by atoms with Crippen molar-refractivity contribution >= 4 is 23.2 Å². The van der Waals surface area contributed by atoms with Gasteiger partial charge in [0.15, 0.2) is 5.75 Å². The zero-order valence-corrected chi connectivity index (χ0v) is 17.9. The lowest BCUT2D eigenvalue weighted by molar-refractivity contribution is -0.00000625. The monoisotopic (exact) mass is 448 g/mol. The fourth-order valence-corrected chi connectivity index (χ4v) is 8.02. The fraction of sp³-hybridized carbons (Fsp3) is 0.0400. The summed E-state index contributed by atoms with van der Waals surface area (Å²) in [5, 5.41) is 14.5. The van der Waals surface area contributed by atoms with E-state index in [4.69, 9.17) is 0 Å². The molecule has 0 bridgehead atoms. The molecule has 0 aliphatic rings. The summed E-state index contributed by atoms with van der Waals surface area (Å²) in [4.78, 5) is 0. The summed E-state index contributed by atoms with van der Waals surface area (Å²) < 4.78 is 0. The van der Waals surface area contributed by atoms with Crippen LogP contribution in [-0.4, -0.2) is 5.11 Å². The average Bonchev–Trinajstić information content (AvgIpc) is 2.75. The molecule has 4 rings (SSSR count). The minimum atomic E-state index is -2.06. The third-order valence-electron chi connectivity index (χ3n) is 4.95. The summed E-state index contributed by atoms with van der Waals surface area (Å²) in [6.07, 6.45) is 0.874. The number of benzene rings is 4. The van der Waals surface area contributed by atoms with Gasteiger partial charge in [0.2, 0.25) is 0 Å². The molecule has 0 radical (unpaired) electrons. The lowest BCUT2D eigenvalue weighted by Crippen LogP contribution is -3.00. The van der Waals surface area contributed by atoms with Gasteiger partial charge in [0.05, 0.1) is 6.16 Å². The van der Waals surface area contributed by atoms with E-state index < -0.39 is 7.26 Å². The maximum absolute atomic E-state index is 10.9. The Labute approximate surface area is 177 Å². The first-order valence-corrected chi connectivity index (χ1v) is 11.1. The molecule has 0 aliphatic heterocycles. The molecule has 0 spiro atoms. The van der Waals surface area contributed by atoms with Crippen LogP contribution in [0.1, 0.15) is 5.56 Å².